The van der Waals surface area contributed by atoms with Crippen LogP contribution >= 0.6 is 27.5 Å². The van der Waals surface area contributed by atoms with Gasteiger partial charge in [-0.15, -0.1) is 0 Å². The fraction of sp³-hybridized carbons (Fsp3) is 0.120. The number of rotatable bonds is 8. The van der Waals surface area contributed by atoms with Crippen LogP contribution in [0.1, 0.15) is 18.1 Å². The first-order valence-corrected chi connectivity index (χ1v) is 11.0. The van der Waals surface area contributed by atoms with Crippen molar-refractivity contribution in [3.05, 3.63) is 92.9 Å². The van der Waals surface area contributed by atoms with Crippen molar-refractivity contribution in [3.63, 3.8) is 0 Å². The lowest BCUT2D eigenvalue weighted by Crippen LogP contribution is -2.13. The molecule has 0 radical (unpaired) electrons. The molecule has 0 saturated heterocycles. The monoisotopic (exact) mass is 510 g/mol. The van der Waals surface area contributed by atoms with Crippen LogP contribution in [0, 0.1) is 11.3 Å². The number of benzene rings is 3. The number of anilines is 1. The van der Waals surface area contributed by atoms with Gasteiger partial charge in [0.25, 0.3) is 5.91 Å². The number of halogens is 2. The number of carbonyl (C=O) groups is 1. The minimum absolute atomic E-state index is 0.0431. The summed E-state index contributed by atoms with van der Waals surface area (Å²) in [5, 5.41) is 12.5. The van der Waals surface area contributed by atoms with E-state index in [0.717, 1.165) is 10.0 Å². The molecule has 0 aromatic heterocycles. The predicted octanol–water partition coefficient (Wildman–Crippen LogP) is 6.63. The molecule has 1 N–H and O–H groups in total. The van der Waals surface area contributed by atoms with E-state index in [0.29, 0.717) is 41.0 Å². The molecule has 7 heteroatoms. The smallest absolute Gasteiger partial charge is 0.266 e. The van der Waals surface area contributed by atoms with Crippen LogP contribution in [0.4, 0.5) is 5.69 Å². The molecule has 0 saturated carbocycles. The van der Waals surface area contributed by atoms with Crippen LogP contribution in [-0.4, -0.2) is 12.5 Å². The number of carbonyl (C=O) groups excluding carboxylic acids is 1. The zero-order chi connectivity index (χ0) is 22.9. The third-order valence-corrected chi connectivity index (χ3v) is 5.19. The summed E-state index contributed by atoms with van der Waals surface area (Å²) in [5.74, 6) is 0.714. The van der Waals surface area contributed by atoms with Gasteiger partial charge in [-0.05, 0) is 72.7 Å². The van der Waals surface area contributed by atoms with Crippen molar-refractivity contribution in [2.75, 3.05) is 11.9 Å². The van der Waals surface area contributed by atoms with Gasteiger partial charge in [-0.1, -0.05) is 45.7 Å². The molecule has 162 valence electrons. The van der Waals surface area contributed by atoms with Crippen LogP contribution in [0.2, 0.25) is 5.02 Å². The van der Waals surface area contributed by atoms with Crippen molar-refractivity contribution in [1.82, 2.24) is 0 Å². The van der Waals surface area contributed by atoms with E-state index in [-0.39, 0.29) is 5.57 Å². The number of nitrogens with one attached hydrogen (secondary N) is 1. The van der Waals surface area contributed by atoms with Gasteiger partial charge in [-0.3, -0.25) is 4.79 Å². The van der Waals surface area contributed by atoms with Crippen molar-refractivity contribution >= 4 is 45.2 Å². The van der Waals surface area contributed by atoms with E-state index in [9.17, 15) is 10.1 Å². The molecule has 3 aromatic rings. The number of nitriles is 1. The second-order valence-electron chi connectivity index (χ2n) is 6.69. The summed E-state index contributed by atoms with van der Waals surface area (Å²) in [6.45, 7) is 2.83. The summed E-state index contributed by atoms with van der Waals surface area (Å²) in [6, 6.07) is 21.8. The Bertz CT molecular complexity index is 1150. The second-order valence-corrected chi connectivity index (χ2v) is 8.01. The molecule has 0 bridgehead atoms. The van der Waals surface area contributed by atoms with E-state index in [1.165, 1.54) is 6.08 Å². The lowest BCUT2D eigenvalue weighted by Gasteiger charge is -2.09. The average molecular weight is 512 g/mol. The molecular formula is C25H20BrClN2O3. The summed E-state index contributed by atoms with van der Waals surface area (Å²) >= 11 is 9.74. The molecule has 1 amide bonds. The largest absolute Gasteiger partial charge is 0.494 e. The van der Waals surface area contributed by atoms with Crippen molar-refractivity contribution in [2.45, 2.75) is 13.5 Å². The number of amides is 1. The van der Waals surface area contributed by atoms with Crippen molar-refractivity contribution in [2.24, 2.45) is 0 Å². The maximum atomic E-state index is 12.5. The first-order valence-electron chi connectivity index (χ1n) is 9.81. The average Bonchev–Trinajstić information content (AvgIpc) is 2.79. The van der Waals surface area contributed by atoms with E-state index < -0.39 is 5.91 Å². The fourth-order valence-electron chi connectivity index (χ4n) is 2.78. The minimum atomic E-state index is -0.511. The third-order valence-electron chi connectivity index (χ3n) is 4.36. The maximum Gasteiger partial charge on any atom is 0.266 e. The van der Waals surface area contributed by atoms with E-state index in [1.54, 1.807) is 42.5 Å². The molecule has 3 rings (SSSR count). The van der Waals surface area contributed by atoms with Gasteiger partial charge in [0.15, 0.2) is 0 Å². The number of hydrogen-bond donors (Lipinski definition) is 1. The molecule has 0 aliphatic carbocycles. The van der Waals surface area contributed by atoms with Crippen LogP contribution in [0.5, 0.6) is 11.5 Å². The van der Waals surface area contributed by atoms with Gasteiger partial charge < -0.3 is 14.8 Å². The topological polar surface area (TPSA) is 71.3 Å². The first-order chi connectivity index (χ1) is 15.5. The summed E-state index contributed by atoms with van der Waals surface area (Å²) < 4.78 is 12.2. The molecule has 5 nitrogen and oxygen atoms in total. The Morgan fingerprint density at radius 1 is 1.09 bits per heavy atom. The molecular weight excluding hydrogens is 492 g/mol. The van der Waals surface area contributed by atoms with Gasteiger partial charge in [0.05, 0.1) is 11.6 Å². The van der Waals surface area contributed by atoms with Crippen LogP contribution < -0.4 is 14.8 Å². The second kappa shape index (κ2) is 11.4. The van der Waals surface area contributed by atoms with Crippen molar-refractivity contribution < 1.29 is 14.3 Å². The number of hydrogen-bond acceptors (Lipinski definition) is 4. The third kappa shape index (κ3) is 6.61. The number of ether oxygens (including phenoxy) is 2. The predicted molar refractivity (Wildman–Crippen MR) is 130 cm³/mol. The first kappa shape index (κ1) is 23.4. The molecule has 0 spiro atoms. The van der Waals surface area contributed by atoms with Gasteiger partial charge >= 0.3 is 0 Å². The molecule has 0 aliphatic heterocycles. The Hall–Kier alpha value is -3.27. The quantitative estimate of drug-likeness (QED) is 0.272. The normalized spacial score (nSPS) is 10.9. The van der Waals surface area contributed by atoms with E-state index in [1.807, 2.05) is 37.3 Å². The Morgan fingerprint density at radius 2 is 1.81 bits per heavy atom. The Kier molecular flexibility index (Phi) is 8.32. The van der Waals surface area contributed by atoms with Gasteiger partial charge in [0, 0.05) is 10.2 Å². The highest BCUT2D eigenvalue weighted by Gasteiger charge is 2.11. The summed E-state index contributed by atoms with van der Waals surface area (Å²) in [5.41, 5.74) is 2.14. The molecule has 0 heterocycles. The standard InChI is InChI=1S/C25H20BrClN2O3/c1-2-31-22-10-8-21(9-11-22)29-25(30)19(15-28)13-18-5-12-24(23(27)14-18)32-16-17-3-6-20(26)7-4-17/h3-14H,2,16H2,1H3,(H,29,30)/b19-13+. The zero-order valence-corrected chi connectivity index (χ0v) is 19.6. The maximum absolute atomic E-state index is 12.5. The molecule has 0 fully saturated rings. The van der Waals surface area contributed by atoms with Gasteiger partial charge in [0.1, 0.15) is 29.7 Å². The molecule has 32 heavy (non-hydrogen) atoms. The highest BCUT2D eigenvalue weighted by Crippen LogP contribution is 2.27. The molecule has 0 atom stereocenters. The van der Waals surface area contributed by atoms with Gasteiger partial charge in [-0.25, -0.2) is 0 Å². The fourth-order valence-corrected chi connectivity index (χ4v) is 3.29. The van der Waals surface area contributed by atoms with Gasteiger partial charge in [-0.2, -0.15) is 5.26 Å². The van der Waals surface area contributed by atoms with Crippen molar-refractivity contribution in [3.8, 4) is 17.6 Å². The summed E-state index contributed by atoms with van der Waals surface area (Å²) in [7, 11) is 0. The van der Waals surface area contributed by atoms with Gasteiger partial charge in [0.2, 0.25) is 0 Å². The Labute approximate surface area is 200 Å². The molecule has 3 aromatic carbocycles. The van der Waals surface area contributed by atoms with Crippen LogP contribution in [0.3, 0.4) is 0 Å². The highest BCUT2D eigenvalue weighted by atomic mass is 79.9. The molecule has 0 aliphatic rings. The zero-order valence-electron chi connectivity index (χ0n) is 17.3. The highest BCUT2D eigenvalue weighted by molar-refractivity contribution is 9.10. The van der Waals surface area contributed by atoms with E-state index >= 15 is 0 Å². The molecule has 0 unspecified atom stereocenters. The van der Waals surface area contributed by atoms with E-state index in [2.05, 4.69) is 21.2 Å². The lowest BCUT2D eigenvalue weighted by molar-refractivity contribution is -0.112. The Morgan fingerprint density at radius 3 is 2.44 bits per heavy atom. The number of nitrogens with zero attached hydrogens (tertiary/aromatic N) is 1. The summed E-state index contributed by atoms with van der Waals surface area (Å²) in [6.07, 6.45) is 1.48. The van der Waals surface area contributed by atoms with Crippen molar-refractivity contribution in [1.29, 1.82) is 5.26 Å². The lowest BCUT2D eigenvalue weighted by atomic mass is 10.1. The van der Waals surface area contributed by atoms with Crippen LogP contribution in [0.15, 0.2) is 76.8 Å². The van der Waals surface area contributed by atoms with Crippen LogP contribution in [-0.2, 0) is 11.4 Å². The minimum Gasteiger partial charge on any atom is -0.494 e. The van der Waals surface area contributed by atoms with E-state index in [4.69, 9.17) is 21.1 Å². The Balaban J connectivity index is 1.66. The summed E-state index contributed by atoms with van der Waals surface area (Å²) in [4.78, 5) is 12.5. The SMILES string of the molecule is CCOc1ccc(NC(=O)/C(C#N)=C/c2ccc(OCc3ccc(Br)cc3)c(Cl)c2)cc1. The van der Waals surface area contributed by atoms with Crippen LogP contribution in [0.25, 0.3) is 6.08 Å².